The lowest BCUT2D eigenvalue weighted by molar-refractivity contribution is 0.0620. The van der Waals surface area contributed by atoms with Gasteiger partial charge in [0.15, 0.2) is 5.82 Å². The van der Waals surface area contributed by atoms with Crippen molar-refractivity contribution in [3.63, 3.8) is 0 Å². The number of aromatic nitrogens is 1. The maximum absolute atomic E-state index is 16.7. The van der Waals surface area contributed by atoms with Gasteiger partial charge in [-0.3, -0.25) is 0 Å². The fraction of sp³-hybridized carbons (Fsp3) is 0.323. The van der Waals surface area contributed by atoms with E-state index in [0.29, 0.717) is 6.42 Å². The Morgan fingerprint density at radius 3 is 2.17 bits per heavy atom. The van der Waals surface area contributed by atoms with Crippen LogP contribution in [0.25, 0.3) is 10.8 Å². The molecule has 3 heterocycles. The van der Waals surface area contributed by atoms with Crippen molar-refractivity contribution in [2.24, 2.45) is 5.92 Å². The summed E-state index contributed by atoms with van der Waals surface area (Å²) in [5.74, 6) is 0.630. The number of fused-ring (bicyclic) bond motifs is 7. The molecule has 0 bridgehead atoms. The van der Waals surface area contributed by atoms with Crippen molar-refractivity contribution in [3.05, 3.63) is 90.6 Å². The summed E-state index contributed by atoms with van der Waals surface area (Å²) >= 11 is 0. The first-order valence-corrected chi connectivity index (χ1v) is 12.9. The Morgan fingerprint density at radius 2 is 1.46 bits per heavy atom. The Kier molecular flexibility index (Phi) is 7.11. The molecular weight excluding hydrogens is 433 g/mol. The minimum Gasteiger partial charge on any atom is -0.316 e. The summed E-state index contributed by atoms with van der Waals surface area (Å²) < 4.78 is 16.7. The van der Waals surface area contributed by atoms with E-state index in [1.807, 2.05) is 96.3 Å². The highest BCUT2D eigenvalue weighted by Gasteiger charge is 2.55. The molecule has 2 aliphatic rings. The van der Waals surface area contributed by atoms with Crippen LogP contribution in [0.15, 0.2) is 85.1 Å². The molecule has 35 heavy (non-hydrogen) atoms. The topological polar surface area (TPSA) is 19.4 Å². The Hall–Kier alpha value is -3.40. The highest BCUT2D eigenvalue weighted by atomic mass is 19.1. The lowest BCUT2D eigenvalue weighted by atomic mass is 9.75. The second-order valence-corrected chi connectivity index (χ2v) is 8.53. The fourth-order valence-electron chi connectivity index (χ4n) is 5.53. The Labute approximate surface area is 209 Å². The fourth-order valence-corrected chi connectivity index (χ4v) is 5.53. The number of halogens is 1. The van der Waals surface area contributed by atoms with Gasteiger partial charge in [0.05, 0.1) is 11.4 Å². The molecule has 3 aromatic carbocycles. The zero-order chi connectivity index (χ0) is 25.2. The van der Waals surface area contributed by atoms with E-state index in [0.717, 1.165) is 39.2 Å². The third-order valence-corrected chi connectivity index (χ3v) is 7.08. The molecule has 3 nitrogen and oxygen atoms in total. The minimum absolute atomic E-state index is 0.199. The number of alkyl halides is 1. The number of rotatable bonds is 2. The number of nitrogens with zero attached hydrogens (tertiary/aromatic N) is 3. The van der Waals surface area contributed by atoms with E-state index < -0.39 is 5.67 Å². The monoisotopic (exact) mass is 469 g/mol. The van der Waals surface area contributed by atoms with Crippen molar-refractivity contribution in [2.45, 2.75) is 59.8 Å². The lowest BCUT2D eigenvalue weighted by Gasteiger charge is -2.48. The van der Waals surface area contributed by atoms with Crippen LogP contribution in [0.4, 0.5) is 27.3 Å². The lowest BCUT2D eigenvalue weighted by Crippen LogP contribution is -2.54. The molecule has 182 valence electrons. The molecular formula is C31H36FN3. The number of hydrogen-bond acceptors (Lipinski definition) is 3. The zero-order valence-corrected chi connectivity index (χ0v) is 21.7. The van der Waals surface area contributed by atoms with Crippen molar-refractivity contribution in [1.29, 1.82) is 0 Å². The van der Waals surface area contributed by atoms with Gasteiger partial charge < -0.3 is 9.80 Å². The van der Waals surface area contributed by atoms with Crippen LogP contribution >= 0.6 is 0 Å². The average molecular weight is 470 g/mol. The van der Waals surface area contributed by atoms with Gasteiger partial charge in [-0.1, -0.05) is 102 Å². The Bertz CT molecular complexity index is 1290. The average Bonchev–Trinajstić information content (AvgIpc) is 3.30. The predicted molar refractivity (Wildman–Crippen MR) is 148 cm³/mol. The van der Waals surface area contributed by atoms with Crippen LogP contribution in [-0.2, 0) is 5.67 Å². The summed E-state index contributed by atoms with van der Waals surface area (Å²) in [5, 5.41) is 2.22. The molecule has 3 unspecified atom stereocenters. The molecule has 0 spiro atoms. The number of pyridine rings is 1. The van der Waals surface area contributed by atoms with Gasteiger partial charge in [0, 0.05) is 34.1 Å². The molecule has 0 amide bonds. The quantitative estimate of drug-likeness (QED) is 0.292. The summed E-state index contributed by atoms with van der Waals surface area (Å²) in [6.07, 6.45) is 2.17. The van der Waals surface area contributed by atoms with Crippen LogP contribution < -0.4 is 9.80 Å². The molecule has 0 aliphatic carbocycles. The van der Waals surface area contributed by atoms with E-state index in [2.05, 4.69) is 40.1 Å². The normalized spacial score (nSPS) is 21.7. The zero-order valence-electron chi connectivity index (χ0n) is 21.7. The molecule has 4 heteroatoms. The first-order valence-electron chi connectivity index (χ1n) is 12.9. The summed E-state index contributed by atoms with van der Waals surface area (Å²) in [6, 6.07) is 26.6. The van der Waals surface area contributed by atoms with E-state index in [-0.39, 0.29) is 12.1 Å². The summed E-state index contributed by atoms with van der Waals surface area (Å²) in [5.41, 5.74) is 2.37. The molecule has 1 aromatic heterocycles. The Morgan fingerprint density at radius 1 is 0.829 bits per heavy atom. The number of para-hydroxylation sites is 2. The standard InChI is InChI=1S/C27H24FN3.2C2H6/c1-3-27(28)18(2)26-30(20-12-5-4-6-13-20)24-21-14-8-7-11-19(21)17-29-25(24)31(26)23-16-10-9-15-22(23)27;2*1-2/h4-18,26H,3H2,1-2H3;2*1-2H3. The van der Waals surface area contributed by atoms with Crippen LogP contribution in [0.5, 0.6) is 0 Å². The molecule has 2 aliphatic heterocycles. The maximum Gasteiger partial charge on any atom is 0.159 e. The minimum atomic E-state index is -1.41. The van der Waals surface area contributed by atoms with Gasteiger partial charge in [-0.15, -0.1) is 0 Å². The van der Waals surface area contributed by atoms with Gasteiger partial charge in [0.25, 0.3) is 0 Å². The van der Waals surface area contributed by atoms with Crippen LogP contribution in [0.2, 0.25) is 0 Å². The second kappa shape index (κ2) is 10.1. The van der Waals surface area contributed by atoms with Gasteiger partial charge in [-0.25, -0.2) is 9.37 Å². The van der Waals surface area contributed by atoms with Crippen molar-refractivity contribution < 1.29 is 4.39 Å². The van der Waals surface area contributed by atoms with E-state index in [1.165, 1.54) is 0 Å². The molecule has 4 aromatic rings. The Balaban J connectivity index is 0.000000689. The van der Waals surface area contributed by atoms with E-state index in [1.54, 1.807) is 0 Å². The number of anilines is 4. The van der Waals surface area contributed by atoms with Gasteiger partial charge >= 0.3 is 0 Å². The van der Waals surface area contributed by atoms with Gasteiger partial charge in [-0.05, 0) is 24.6 Å². The summed E-state index contributed by atoms with van der Waals surface area (Å²) in [7, 11) is 0. The molecule has 0 fully saturated rings. The van der Waals surface area contributed by atoms with E-state index in [4.69, 9.17) is 4.98 Å². The summed E-state index contributed by atoms with van der Waals surface area (Å²) in [4.78, 5) is 9.47. The van der Waals surface area contributed by atoms with Crippen molar-refractivity contribution in [3.8, 4) is 0 Å². The van der Waals surface area contributed by atoms with Crippen molar-refractivity contribution in [2.75, 3.05) is 9.80 Å². The second-order valence-electron chi connectivity index (χ2n) is 8.53. The smallest absolute Gasteiger partial charge is 0.159 e. The molecule has 0 N–H and O–H groups in total. The third-order valence-electron chi connectivity index (χ3n) is 7.08. The van der Waals surface area contributed by atoms with Crippen LogP contribution in [0.3, 0.4) is 0 Å². The van der Waals surface area contributed by atoms with E-state index >= 15 is 4.39 Å². The molecule has 0 saturated heterocycles. The molecule has 0 saturated carbocycles. The van der Waals surface area contributed by atoms with Gasteiger partial charge in [0.2, 0.25) is 0 Å². The van der Waals surface area contributed by atoms with Gasteiger partial charge in [-0.2, -0.15) is 0 Å². The van der Waals surface area contributed by atoms with Gasteiger partial charge in [0.1, 0.15) is 11.8 Å². The SMILES string of the molecule is CC.CC.CCC1(F)c2ccccc2N2c3ncc4ccccc4c3N(c3ccccc3)C2C1C. The molecule has 0 radical (unpaired) electrons. The first-order chi connectivity index (χ1) is 17.1. The highest BCUT2D eigenvalue weighted by Crippen LogP contribution is 2.59. The van der Waals surface area contributed by atoms with Crippen LogP contribution in [-0.4, -0.2) is 11.1 Å². The van der Waals surface area contributed by atoms with Crippen LogP contribution in [0, 0.1) is 5.92 Å². The van der Waals surface area contributed by atoms with Crippen molar-refractivity contribution in [1.82, 2.24) is 4.98 Å². The maximum atomic E-state index is 16.7. The summed E-state index contributed by atoms with van der Waals surface area (Å²) in [6.45, 7) is 12.0. The van der Waals surface area contributed by atoms with E-state index in [9.17, 15) is 0 Å². The number of benzene rings is 3. The van der Waals surface area contributed by atoms with Crippen LogP contribution in [0.1, 0.15) is 53.5 Å². The largest absolute Gasteiger partial charge is 0.316 e. The molecule has 6 rings (SSSR count). The molecule has 3 atom stereocenters. The third kappa shape index (κ3) is 3.67. The first kappa shape index (κ1) is 24.7. The predicted octanol–water partition coefficient (Wildman–Crippen LogP) is 9.13. The number of hydrogen-bond donors (Lipinski definition) is 0. The highest BCUT2D eigenvalue weighted by molar-refractivity contribution is 6.05. The van der Waals surface area contributed by atoms with Crippen molar-refractivity contribution >= 4 is 33.7 Å².